The molecular formula is C17H19ClFNO3. The van der Waals surface area contributed by atoms with Crippen LogP contribution in [0, 0.1) is 23.6 Å². The molecule has 1 amide bonds. The normalized spacial score (nSPS) is 25.4. The lowest BCUT2D eigenvalue weighted by Gasteiger charge is -2.20. The van der Waals surface area contributed by atoms with E-state index in [-0.39, 0.29) is 11.7 Å². The van der Waals surface area contributed by atoms with Crippen LogP contribution in [0.3, 0.4) is 0 Å². The molecule has 2 aliphatic rings. The van der Waals surface area contributed by atoms with Crippen molar-refractivity contribution >= 4 is 29.2 Å². The van der Waals surface area contributed by atoms with Gasteiger partial charge in [0.15, 0.2) is 6.61 Å². The number of esters is 1. The Morgan fingerprint density at radius 1 is 1.30 bits per heavy atom. The van der Waals surface area contributed by atoms with E-state index in [4.69, 9.17) is 16.3 Å². The van der Waals surface area contributed by atoms with E-state index in [1.807, 2.05) is 0 Å². The molecule has 0 spiro atoms. The molecule has 23 heavy (non-hydrogen) atoms. The number of rotatable bonds is 5. The first-order valence-corrected chi connectivity index (χ1v) is 8.29. The van der Waals surface area contributed by atoms with Crippen molar-refractivity contribution in [2.24, 2.45) is 17.8 Å². The van der Waals surface area contributed by atoms with Gasteiger partial charge in [-0.2, -0.15) is 0 Å². The van der Waals surface area contributed by atoms with E-state index >= 15 is 0 Å². The van der Waals surface area contributed by atoms with E-state index in [1.165, 1.54) is 37.5 Å². The Labute approximate surface area is 139 Å². The summed E-state index contributed by atoms with van der Waals surface area (Å²) in [7, 11) is 0. The van der Waals surface area contributed by atoms with Crippen LogP contribution in [0.1, 0.15) is 32.1 Å². The van der Waals surface area contributed by atoms with E-state index in [2.05, 4.69) is 5.32 Å². The average molecular weight is 340 g/mol. The number of fused-ring (bicyclic) bond motifs is 2. The van der Waals surface area contributed by atoms with Gasteiger partial charge in [0, 0.05) is 11.4 Å². The summed E-state index contributed by atoms with van der Waals surface area (Å²) < 4.78 is 18.5. The van der Waals surface area contributed by atoms with Gasteiger partial charge >= 0.3 is 5.97 Å². The number of ether oxygens (including phenoxy) is 1. The van der Waals surface area contributed by atoms with Gasteiger partial charge in [-0.1, -0.05) is 18.0 Å². The minimum atomic E-state index is -0.587. The quantitative estimate of drug-likeness (QED) is 0.830. The molecule has 3 atom stereocenters. The Hall–Kier alpha value is -1.62. The second kappa shape index (κ2) is 6.87. The Kier molecular flexibility index (Phi) is 4.85. The summed E-state index contributed by atoms with van der Waals surface area (Å²) in [4.78, 5) is 23.6. The van der Waals surface area contributed by atoms with Gasteiger partial charge in [-0.15, -0.1) is 0 Å². The van der Waals surface area contributed by atoms with Crippen LogP contribution >= 0.6 is 11.6 Å². The molecule has 1 N–H and O–H groups in total. The maximum absolute atomic E-state index is 13.5. The number of nitrogens with one attached hydrogen (secondary N) is 1. The SMILES string of the molecule is O=C(COC(=O)C[C@@H]1C[C@@H]2CC[C@@H]1C2)Nc1cc(Cl)ccc1F. The van der Waals surface area contributed by atoms with Gasteiger partial charge in [-0.3, -0.25) is 9.59 Å². The standard InChI is InChI=1S/C17H19ClFNO3/c18-13-3-4-14(19)15(8-13)20-16(21)9-23-17(22)7-12-6-10-1-2-11(12)5-10/h3-4,8,10-12H,1-2,5-7,9H2,(H,20,21)/t10-,11-,12+/m1/s1. The molecule has 6 heteroatoms. The lowest BCUT2D eigenvalue weighted by atomic mass is 9.86. The lowest BCUT2D eigenvalue weighted by molar-refractivity contribution is -0.148. The molecule has 2 aliphatic carbocycles. The van der Waals surface area contributed by atoms with Gasteiger partial charge in [-0.25, -0.2) is 4.39 Å². The maximum atomic E-state index is 13.5. The molecule has 4 nitrogen and oxygen atoms in total. The number of hydrogen-bond acceptors (Lipinski definition) is 3. The van der Waals surface area contributed by atoms with E-state index in [1.54, 1.807) is 0 Å². The molecule has 3 rings (SSSR count). The summed E-state index contributed by atoms with van der Waals surface area (Å²) in [5.41, 5.74) is -0.0216. The monoisotopic (exact) mass is 339 g/mol. The molecule has 2 saturated carbocycles. The van der Waals surface area contributed by atoms with E-state index in [9.17, 15) is 14.0 Å². The number of amides is 1. The van der Waals surface area contributed by atoms with Crippen molar-refractivity contribution in [3.63, 3.8) is 0 Å². The van der Waals surface area contributed by atoms with E-state index < -0.39 is 18.3 Å². The van der Waals surface area contributed by atoms with Crippen LogP contribution < -0.4 is 5.32 Å². The van der Waals surface area contributed by atoms with Gasteiger partial charge in [0.25, 0.3) is 5.91 Å². The number of carbonyl (C=O) groups is 2. The summed E-state index contributed by atoms with van der Waals surface area (Å²) in [6.07, 6.45) is 5.19. The van der Waals surface area contributed by atoms with Gasteiger partial charge in [0.1, 0.15) is 5.82 Å². The average Bonchev–Trinajstić information content (AvgIpc) is 3.11. The number of benzene rings is 1. The first-order chi connectivity index (χ1) is 11.0. The smallest absolute Gasteiger partial charge is 0.306 e. The van der Waals surface area contributed by atoms with Crippen molar-refractivity contribution in [3.8, 4) is 0 Å². The third kappa shape index (κ3) is 4.02. The fourth-order valence-corrected chi connectivity index (χ4v) is 4.00. The van der Waals surface area contributed by atoms with Crippen molar-refractivity contribution in [1.29, 1.82) is 0 Å². The minimum Gasteiger partial charge on any atom is -0.456 e. The molecular weight excluding hydrogens is 321 g/mol. The minimum absolute atomic E-state index is 0.0216. The largest absolute Gasteiger partial charge is 0.456 e. The predicted octanol–water partition coefficient (Wildman–Crippen LogP) is 3.79. The molecule has 0 aromatic heterocycles. The summed E-state index contributed by atoms with van der Waals surface area (Å²) in [6, 6.07) is 3.87. The highest BCUT2D eigenvalue weighted by Crippen LogP contribution is 2.49. The highest BCUT2D eigenvalue weighted by atomic mass is 35.5. The molecule has 1 aromatic rings. The number of halogens is 2. The molecule has 0 unspecified atom stereocenters. The Bertz CT molecular complexity index is 622. The number of hydrogen-bond donors (Lipinski definition) is 1. The van der Waals surface area contributed by atoms with E-state index in [0.29, 0.717) is 23.3 Å². The zero-order valence-corrected chi connectivity index (χ0v) is 13.4. The van der Waals surface area contributed by atoms with Gasteiger partial charge in [0.2, 0.25) is 0 Å². The molecule has 0 aliphatic heterocycles. The predicted molar refractivity (Wildman–Crippen MR) is 84.6 cm³/mol. The number of anilines is 1. The fourth-order valence-electron chi connectivity index (χ4n) is 3.83. The molecule has 2 bridgehead atoms. The molecule has 0 heterocycles. The zero-order chi connectivity index (χ0) is 16.4. The Morgan fingerprint density at radius 2 is 2.13 bits per heavy atom. The first-order valence-electron chi connectivity index (χ1n) is 7.92. The molecule has 2 fully saturated rings. The van der Waals surface area contributed by atoms with Crippen molar-refractivity contribution < 1.29 is 18.7 Å². The Balaban J connectivity index is 1.43. The highest BCUT2D eigenvalue weighted by molar-refractivity contribution is 6.30. The summed E-state index contributed by atoms with van der Waals surface area (Å²) in [5.74, 6) is 0.288. The maximum Gasteiger partial charge on any atom is 0.306 e. The molecule has 0 saturated heterocycles. The van der Waals surface area contributed by atoms with E-state index in [0.717, 1.165) is 12.3 Å². The number of carbonyl (C=O) groups excluding carboxylic acids is 2. The Morgan fingerprint density at radius 3 is 2.83 bits per heavy atom. The third-order valence-electron chi connectivity index (χ3n) is 4.88. The summed E-state index contributed by atoms with van der Waals surface area (Å²) >= 11 is 5.75. The van der Waals surface area contributed by atoms with Crippen molar-refractivity contribution in [1.82, 2.24) is 0 Å². The van der Waals surface area contributed by atoms with Gasteiger partial charge in [-0.05, 0) is 55.2 Å². The van der Waals surface area contributed by atoms with Crippen LogP contribution in [0.5, 0.6) is 0 Å². The van der Waals surface area contributed by atoms with Gasteiger partial charge < -0.3 is 10.1 Å². The third-order valence-corrected chi connectivity index (χ3v) is 5.12. The second-order valence-electron chi connectivity index (χ2n) is 6.47. The lowest BCUT2D eigenvalue weighted by Crippen LogP contribution is -2.23. The topological polar surface area (TPSA) is 55.4 Å². The van der Waals surface area contributed by atoms with Crippen LogP contribution in [0.25, 0.3) is 0 Å². The van der Waals surface area contributed by atoms with Crippen molar-refractivity contribution in [3.05, 3.63) is 29.0 Å². The summed E-state index contributed by atoms with van der Waals surface area (Å²) in [5, 5.41) is 2.67. The van der Waals surface area contributed by atoms with Crippen LogP contribution in [-0.2, 0) is 14.3 Å². The van der Waals surface area contributed by atoms with Crippen molar-refractivity contribution in [2.75, 3.05) is 11.9 Å². The zero-order valence-electron chi connectivity index (χ0n) is 12.7. The molecule has 124 valence electrons. The van der Waals surface area contributed by atoms with Crippen molar-refractivity contribution in [2.45, 2.75) is 32.1 Å². The van der Waals surface area contributed by atoms with Crippen LogP contribution in [0.2, 0.25) is 5.02 Å². The van der Waals surface area contributed by atoms with Crippen LogP contribution in [0.4, 0.5) is 10.1 Å². The van der Waals surface area contributed by atoms with Crippen LogP contribution in [-0.4, -0.2) is 18.5 Å². The summed E-state index contributed by atoms with van der Waals surface area (Å²) in [6.45, 7) is -0.411. The second-order valence-corrected chi connectivity index (χ2v) is 6.91. The van der Waals surface area contributed by atoms with Gasteiger partial charge in [0.05, 0.1) is 5.69 Å². The molecule has 0 radical (unpaired) electrons. The van der Waals surface area contributed by atoms with Crippen LogP contribution in [0.15, 0.2) is 18.2 Å². The first kappa shape index (κ1) is 16.2. The fraction of sp³-hybridized carbons (Fsp3) is 0.529. The molecule has 1 aromatic carbocycles. The highest BCUT2D eigenvalue weighted by Gasteiger charge is 2.40.